The highest BCUT2D eigenvalue weighted by molar-refractivity contribution is 9.13. The maximum absolute atomic E-state index is 13.4. The molecule has 3 rings (SSSR count). The van der Waals surface area contributed by atoms with Crippen LogP contribution in [0.1, 0.15) is 0 Å². The molecule has 8 heteroatoms. The fourth-order valence-electron chi connectivity index (χ4n) is 1.91. The molecule has 0 aliphatic heterocycles. The van der Waals surface area contributed by atoms with Gasteiger partial charge in [-0.15, -0.1) is 11.3 Å². The molecule has 0 aliphatic rings. The van der Waals surface area contributed by atoms with Crippen molar-refractivity contribution in [3.63, 3.8) is 0 Å². The normalized spacial score (nSPS) is 11.0. The number of anilines is 1. The van der Waals surface area contributed by atoms with Gasteiger partial charge in [-0.05, 0) is 55.6 Å². The average molecular weight is 436 g/mol. The average Bonchev–Trinajstić information content (AvgIpc) is 2.92. The van der Waals surface area contributed by atoms with E-state index in [1.807, 2.05) is 6.07 Å². The number of rotatable bonds is 2. The molecule has 0 bridgehead atoms. The molecular formula is C13H6Br2F2N2OS. The Morgan fingerprint density at radius 3 is 2.33 bits per heavy atom. The third kappa shape index (κ3) is 2.75. The predicted molar refractivity (Wildman–Crippen MR) is 85.0 cm³/mol. The van der Waals surface area contributed by atoms with E-state index in [4.69, 9.17) is 10.3 Å². The number of nitrogens with zero attached hydrogens (tertiary/aromatic N) is 1. The van der Waals surface area contributed by atoms with E-state index >= 15 is 0 Å². The number of aromatic nitrogens is 1. The van der Waals surface area contributed by atoms with Crippen molar-refractivity contribution >= 4 is 49.1 Å². The number of hydrogen-bond acceptors (Lipinski definition) is 4. The molecule has 0 atom stereocenters. The van der Waals surface area contributed by atoms with Gasteiger partial charge in [0.05, 0.1) is 14.2 Å². The molecule has 1 aromatic carbocycles. The highest BCUT2D eigenvalue weighted by atomic mass is 79.9. The lowest BCUT2D eigenvalue weighted by Gasteiger charge is -2.02. The zero-order valence-corrected chi connectivity index (χ0v) is 14.2. The Balaban J connectivity index is 2.21. The summed E-state index contributed by atoms with van der Waals surface area (Å²) in [5.74, 6) is -1.37. The summed E-state index contributed by atoms with van der Waals surface area (Å²) in [6.45, 7) is 0. The van der Waals surface area contributed by atoms with Crippen LogP contribution in [0.5, 0.6) is 0 Å². The smallest absolute Gasteiger partial charge is 0.230 e. The molecule has 0 unspecified atom stereocenters. The molecule has 0 aliphatic carbocycles. The Kier molecular flexibility index (Phi) is 3.85. The summed E-state index contributed by atoms with van der Waals surface area (Å²) in [4.78, 5) is 0.758. The molecule has 0 fully saturated rings. The number of halogens is 4. The van der Waals surface area contributed by atoms with Crippen LogP contribution in [-0.2, 0) is 0 Å². The van der Waals surface area contributed by atoms with Crippen LogP contribution in [-0.4, -0.2) is 5.16 Å². The van der Waals surface area contributed by atoms with E-state index in [0.29, 0.717) is 11.3 Å². The van der Waals surface area contributed by atoms with E-state index in [1.165, 1.54) is 23.5 Å². The summed E-state index contributed by atoms with van der Waals surface area (Å²) in [6, 6.07) is 5.00. The van der Waals surface area contributed by atoms with Crippen LogP contribution in [0.15, 0.2) is 37.0 Å². The Labute approximate surface area is 139 Å². The number of benzene rings is 1. The Morgan fingerprint density at radius 2 is 1.76 bits per heavy atom. The first-order valence-corrected chi connectivity index (χ1v) is 8.03. The zero-order valence-electron chi connectivity index (χ0n) is 10.2. The summed E-state index contributed by atoms with van der Waals surface area (Å²) in [5.41, 5.74) is 6.85. The molecule has 0 spiro atoms. The third-order valence-corrected chi connectivity index (χ3v) is 6.01. The second-order valence-electron chi connectivity index (χ2n) is 4.16. The van der Waals surface area contributed by atoms with Crippen molar-refractivity contribution in [3.05, 3.63) is 44.2 Å². The molecule has 0 radical (unpaired) electrons. The minimum Gasteiger partial charge on any atom is -0.367 e. The van der Waals surface area contributed by atoms with E-state index < -0.39 is 11.6 Å². The first kappa shape index (κ1) is 14.7. The summed E-state index contributed by atoms with van der Waals surface area (Å²) in [6.07, 6.45) is 0. The number of thiophene rings is 1. The minimum absolute atomic E-state index is 0.00986. The van der Waals surface area contributed by atoms with E-state index in [-0.39, 0.29) is 11.4 Å². The van der Waals surface area contributed by atoms with Crippen LogP contribution in [0.3, 0.4) is 0 Å². The monoisotopic (exact) mass is 434 g/mol. The fraction of sp³-hybridized carbons (Fsp3) is 0. The summed E-state index contributed by atoms with van der Waals surface area (Å²) < 4.78 is 33.5. The Hall–Kier alpha value is -1.25. The topological polar surface area (TPSA) is 52.0 Å². The van der Waals surface area contributed by atoms with Gasteiger partial charge in [0.15, 0.2) is 0 Å². The number of nitrogen functional groups attached to an aromatic ring is 1. The second-order valence-corrected chi connectivity index (χ2v) is 7.39. The van der Waals surface area contributed by atoms with Crippen molar-refractivity contribution in [3.8, 4) is 21.7 Å². The van der Waals surface area contributed by atoms with E-state index in [2.05, 4.69) is 37.0 Å². The van der Waals surface area contributed by atoms with Gasteiger partial charge in [0.2, 0.25) is 5.88 Å². The van der Waals surface area contributed by atoms with Gasteiger partial charge in [-0.2, -0.15) is 0 Å². The third-order valence-electron chi connectivity index (χ3n) is 2.75. The van der Waals surface area contributed by atoms with Crippen molar-refractivity contribution in [2.45, 2.75) is 0 Å². The SMILES string of the molecule is Nc1onc(-c2cc(Br)c(Br)s2)c1-c1cc(F)cc(F)c1. The van der Waals surface area contributed by atoms with Crippen molar-refractivity contribution in [2.24, 2.45) is 0 Å². The minimum atomic E-state index is -0.690. The first-order valence-electron chi connectivity index (χ1n) is 5.62. The molecule has 2 heterocycles. The largest absolute Gasteiger partial charge is 0.367 e. The van der Waals surface area contributed by atoms with Crippen LogP contribution in [0, 0.1) is 11.6 Å². The van der Waals surface area contributed by atoms with Crippen LogP contribution < -0.4 is 5.73 Å². The van der Waals surface area contributed by atoms with Gasteiger partial charge in [-0.25, -0.2) is 8.78 Å². The van der Waals surface area contributed by atoms with Gasteiger partial charge in [-0.3, -0.25) is 0 Å². The van der Waals surface area contributed by atoms with Crippen LogP contribution in [0.25, 0.3) is 21.7 Å². The van der Waals surface area contributed by atoms with Gasteiger partial charge in [0, 0.05) is 10.5 Å². The zero-order chi connectivity index (χ0) is 15.1. The number of nitrogens with two attached hydrogens (primary N) is 1. The van der Waals surface area contributed by atoms with Crippen molar-refractivity contribution in [1.82, 2.24) is 5.16 Å². The Morgan fingerprint density at radius 1 is 1.10 bits per heavy atom. The molecule has 108 valence electrons. The molecule has 2 aromatic heterocycles. The molecule has 0 amide bonds. The molecule has 2 N–H and O–H groups in total. The van der Waals surface area contributed by atoms with E-state index in [0.717, 1.165) is 19.2 Å². The van der Waals surface area contributed by atoms with Gasteiger partial charge >= 0.3 is 0 Å². The maximum Gasteiger partial charge on any atom is 0.230 e. The summed E-state index contributed by atoms with van der Waals surface area (Å²) >= 11 is 8.17. The van der Waals surface area contributed by atoms with E-state index in [9.17, 15) is 8.78 Å². The predicted octanol–water partition coefficient (Wildman–Crippen LogP) is 5.46. The van der Waals surface area contributed by atoms with Crippen LogP contribution in [0.4, 0.5) is 14.7 Å². The lowest BCUT2D eigenvalue weighted by atomic mass is 10.0. The van der Waals surface area contributed by atoms with Crippen molar-refractivity contribution in [1.29, 1.82) is 0 Å². The standard InChI is InChI=1S/C13H6Br2F2N2OS/c14-8-4-9(21-12(8)15)11-10(13(18)20-19-11)5-1-6(16)3-7(17)2-5/h1-4H,18H2. The molecule has 3 nitrogen and oxygen atoms in total. The lowest BCUT2D eigenvalue weighted by Crippen LogP contribution is -1.89. The van der Waals surface area contributed by atoms with Gasteiger partial charge in [-0.1, -0.05) is 5.16 Å². The summed E-state index contributed by atoms with van der Waals surface area (Å²) in [5, 5.41) is 3.90. The van der Waals surface area contributed by atoms with Gasteiger partial charge in [0.25, 0.3) is 0 Å². The highest BCUT2D eigenvalue weighted by Gasteiger charge is 2.21. The van der Waals surface area contributed by atoms with E-state index in [1.54, 1.807) is 0 Å². The maximum atomic E-state index is 13.4. The molecule has 21 heavy (non-hydrogen) atoms. The molecule has 0 saturated carbocycles. The van der Waals surface area contributed by atoms with Crippen LogP contribution in [0.2, 0.25) is 0 Å². The van der Waals surface area contributed by atoms with Gasteiger partial charge < -0.3 is 10.3 Å². The highest BCUT2D eigenvalue weighted by Crippen LogP contribution is 2.43. The molecule has 0 saturated heterocycles. The fourth-order valence-corrected chi connectivity index (χ4v) is 3.93. The lowest BCUT2D eigenvalue weighted by molar-refractivity contribution is 0.439. The quantitative estimate of drug-likeness (QED) is 0.581. The van der Waals surface area contributed by atoms with Crippen molar-refractivity contribution < 1.29 is 13.3 Å². The molecule has 3 aromatic rings. The van der Waals surface area contributed by atoms with Gasteiger partial charge in [0.1, 0.15) is 17.3 Å². The number of hydrogen-bond donors (Lipinski definition) is 1. The Bertz CT molecular complexity index is 792. The first-order chi connectivity index (χ1) is 9.95. The van der Waals surface area contributed by atoms with Crippen LogP contribution >= 0.6 is 43.2 Å². The second kappa shape index (κ2) is 5.51. The molecular weight excluding hydrogens is 430 g/mol. The van der Waals surface area contributed by atoms with Crippen molar-refractivity contribution in [2.75, 3.05) is 5.73 Å². The summed E-state index contributed by atoms with van der Waals surface area (Å²) in [7, 11) is 0.